The van der Waals surface area contributed by atoms with Crippen molar-refractivity contribution < 1.29 is 37.3 Å². The Labute approximate surface area is 424 Å². The number of allylic oxidation sites excluding steroid dienone is 15. The molecule has 0 aromatic heterocycles. The maximum Gasteiger partial charge on any atom is 0.472 e. The van der Waals surface area contributed by atoms with Gasteiger partial charge in [-0.25, -0.2) is 4.57 Å². The number of ether oxygens (including phenoxy) is 1. The largest absolute Gasteiger partial charge is 0.472 e. The molecule has 3 atom stereocenters. The quantitative estimate of drug-likeness (QED) is 0.0156. The first-order chi connectivity index (χ1) is 33.4. The number of phosphoric acid groups is 1. The van der Waals surface area contributed by atoms with E-state index in [0.717, 1.165) is 70.6 Å². The fourth-order valence-corrected chi connectivity index (χ4v) is 8.11. The van der Waals surface area contributed by atoms with E-state index in [1.54, 1.807) is 0 Å². The Morgan fingerprint density at radius 2 is 0.942 bits per heavy atom. The van der Waals surface area contributed by atoms with Crippen molar-refractivity contribution in [3.05, 3.63) is 97.2 Å². The van der Waals surface area contributed by atoms with Crippen molar-refractivity contribution in [2.24, 2.45) is 0 Å². The fraction of sp³-hybridized carbons (Fsp3) is 0.695. The molecular weight excluding hydrogens is 880 g/mol. The van der Waals surface area contributed by atoms with Gasteiger partial charge >= 0.3 is 13.8 Å². The summed E-state index contributed by atoms with van der Waals surface area (Å²) in [6.07, 6.45) is 64.0. The van der Waals surface area contributed by atoms with Crippen molar-refractivity contribution in [1.82, 2.24) is 5.32 Å². The summed E-state index contributed by atoms with van der Waals surface area (Å²) in [5.74, 6) is -0.582. The molecule has 9 nitrogen and oxygen atoms in total. The second-order valence-electron chi connectivity index (χ2n) is 19.5. The molecule has 0 rings (SSSR count). The Morgan fingerprint density at radius 1 is 0.522 bits per heavy atom. The molecule has 10 heteroatoms. The van der Waals surface area contributed by atoms with Crippen molar-refractivity contribution in [1.29, 1.82) is 0 Å². The number of carbonyl (C=O) groups is 2. The highest BCUT2D eigenvalue weighted by Crippen LogP contribution is 2.43. The molecule has 0 aliphatic heterocycles. The summed E-state index contributed by atoms with van der Waals surface area (Å²) in [6, 6.07) is -0.882. The van der Waals surface area contributed by atoms with Crippen molar-refractivity contribution in [2.75, 3.05) is 40.9 Å². The molecule has 69 heavy (non-hydrogen) atoms. The van der Waals surface area contributed by atoms with Crippen LogP contribution in [-0.4, -0.2) is 74.3 Å². The number of phosphoric ester groups is 1. The normalized spacial score (nSPS) is 14.6. The number of nitrogens with one attached hydrogen (secondary N) is 1. The minimum absolute atomic E-state index is 0.0241. The highest BCUT2D eigenvalue weighted by Gasteiger charge is 2.30. The van der Waals surface area contributed by atoms with Crippen LogP contribution >= 0.6 is 7.82 Å². The summed E-state index contributed by atoms with van der Waals surface area (Å²) in [5.41, 5.74) is 0. The molecule has 0 aromatic carbocycles. The van der Waals surface area contributed by atoms with Gasteiger partial charge in [0.25, 0.3) is 0 Å². The molecule has 0 saturated carbocycles. The Bertz CT molecular complexity index is 1510. The zero-order chi connectivity index (χ0) is 50.8. The van der Waals surface area contributed by atoms with Gasteiger partial charge in [0.2, 0.25) is 5.91 Å². The predicted octanol–water partition coefficient (Wildman–Crippen LogP) is 16.4. The van der Waals surface area contributed by atoms with E-state index in [0.29, 0.717) is 23.9 Å². The Morgan fingerprint density at radius 3 is 1.43 bits per heavy atom. The highest BCUT2D eigenvalue weighted by atomic mass is 31.2. The molecule has 0 aliphatic rings. The molecule has 1 amide bonds. The van der Waals surface area contributed by atoms with Gasteiger partial charge in [-0.2, -0.15) is 0 Å². The minimum atomic E-state index is -4.46. The molecule has 2 N–H and O–H groups in total. The molecule has 0 fully saturated rings. The van der Waals surface area contributed by atoms with Gasteiger partial charge < -0.3 is 19.4 Å². The van der Waals surface area contributed by atoms with Crippen LogP contribution in [-0.2, 0) is 27.9 Å². The zero-order valence-corrected chi connectivity index (χ0v) is 45.9. The van der Waals surface area contributed by atoms with Gasteiger partial charge in [-0.1, -0.05) is 221 Å². The molecule has 0 bridgehead atoms. The molecule has 396 valence electrons. The van der Waals surface area contributed by atoms with Crippen molar-refractivity contribution in [3.8, 4) is 0 Å². The summed E-state index contributed by atoms with van der Waals surface area (Å²) < 4.78 is 30.5. The monoisotopic (exact) mass is 984 g/mol. The SMILES string of the molecule is CC\C=C/C=C/C=C/C=C\C=C\C=C\CCCCCC(=O)NC(COP(=O)(O)OCC[N+](C)(C)C)C(/C=C\CCCCCCCCCCCCC)OC(=O)CCCCC/C=C\CCCCCCCC. The number of amides is 1. The third kappa shape index (κ3) is 49.7. The lowest BCUT2D eigenvalue weighted by molar-refractivity contribution is -0.870. The van der Waals surface area contributed by atoms with E-state index < -0.39 is 20.0 Å². The summed E-state index contributed by atoms with van der Waals surface area (Å²) in [7, 11) is 1.44. The second kappa shape index (κ2) is 48.6. The number of nitrogens with zero attached hydrogens (tertiary/aromatic N) is 1. The van der Waals surface area contributed by atoms with Crippen molar-refractivity contribution >= 4 is 19.7 Å². The van der Waals surface area contributed by atoms with Gasteiger partial charge in [-0.15, -0.1) is 0 Å². The van der Waals surface area contributed by atoms with E-state index in [4.69, 9.17) is 13.8 Å². The molecule has 0 spiro atoms. The lowest BCUT2D eigenvalue weighted by Gasteiger charge is -2.27. The van der Waals surface area contributed by atoms with Crippen LogP contribution < -0.4 is 5.32 Å². The van der Waals surface area contributed by atoms with Gasteiger partial charge in [0.1, 0.15) is 19.3 Å². The van der Waals surface area contributed by atoms with Crippen LogP contribution in [0.4, 0.5) is 0 Å². The Balaban J connectivity index is 5.53. The summed E-state index contributed by atoms with van der Waals surface area (Å²) in [5, 5.41) is 3.01. The van der Waals surface area contributed by atoms with E-state index in [1.807, 2.05) is 94.1 Å². The van der Waals surface area contributed by atoms with E-state index >= 15 is 0 Å². The second-order valence-corrected chi connectivity index (χ2v) is 21.0. The number of unbranched alkanes of at least 4 members (excludes halogenated alkanes) is 23. The van der Waals surface area contributed by atoms with Crippen LogP contribution in [0.25, 0.3) is 0 Å². The summed E-state index contributed by atoms with van der Waals surface area (Å²) in [6.45, 7) is 6.79. The van der Waals surface area contributed by atoms with Gasteiger partial charge in [-0.05, 0) is 76.7 Å². The number of hydrogen-bond donors (Lipinski definition) is 2. The molecule has 0 heterocycles. The molecule has 0 radical (unpaired) electrons. The van der Waals surface area contributed by atoms with E-state index in [9.17, 15) is 19.0 Å². The number of rotatable bonds is 48. The topological polar surface area (TPSA) is 111 Å². The molecule has 0 aromatic rings. The number of hydrogen-bond acceptors (Lipinski definition) is 6. The average molecular weight is 984 g/mol. The van der Waals surface area contributed by atoms with Gasteiger partial charge in [0.05, 0.1) is 33.8 Å². The average Bonchev–Trinajstić information content (AvgIpc) is 3.31. The van der Waals surface area contributed by atoms with Crippen LogP contribution in [0.15, 0.2) is 97.2 Å². The van der Waals surface area contributed by atoms with Crippen LogP contribution in [0.1, 0.15) is 213 Å². The van der Waals surface area contributed by atoms with E-state index in [-0.39, 0.29) is 37.9 Å². The number of likely N-dealkylation sites (N-methyl/N-ethyl adjacent to an activating group) is 1. The number of carbonyl (C=O) groups excluding carboxylic acids is 2. The molecule has 0 saturated heterocycles. The first kappa shape index (κ1) is 65.9. The van der Waals surface area contributed by atoms with Gasteiger partial charge in [0, 0.05) is 12.8 Å². The maximum absolute atomic E-state index is 13.5. The van der Waals surface area contributed by atoms with Gasteiger partial charge in [0.15, 0.2) is 0 Å². The van der Waals surface area contributed by atoms with Crippen LogP contribution in [0.2, 0.25) is 0 Å². The Kier molecular flexibility index (Phi) is 46.4. The first-order valence-electron chi connectivity index (χ1n) is 27.6. The van der Waals surface area contributed by atoms with E-state index in [2.05, 4.69) is 50.4 Å². The lowest BCUT2D eigenvalue weighted by atomic mass is 10.0. The first-order valence-corrected chi connectivity index (χ1v) is 29.1. The highest BCUT2D eigenvalue weighted by molar-refractivity contribution is 7.47. The van der Waals surface area contributed by atoms with Crippen LogP contribution in [0.5, 0.6) is 0 Å². The smallest absolute Gasteiger partial charge is 0.456 e. The van der Waals surface area contributed by atoms with Crippen LogP contribution in [0.3, 0.4) is 0 Å². The predicted molar refractivity (Wildman–Crippen MR) is 295 cm³/mol. The third-order valence-corrected chi connectivity index (χ3v) is 12.7. The van der Waals surface area contributed by atoms with Crippen molar-refractivity contribution in [3.63, 3.8) is 0 Å². The zero-order valence-electron chi connectivity index (χ0n) is 45.0. The lowest BCUT2D eigenvalue weighted by Crippen LogP contribution is -2.47. The van der Waals surface area contributed by atoms with Gasteiger partial charge in [-0.3, -0.25) is 18.6 Å². The molecule has 0 aliphatic carbocycles. The van der Waals surface area contributed by atoms with Crippen molar-refractivity contribution in [2.45, 2.75) is 226 Å². The van der Waals surface area contributed by atoms with E-state index in [1.165, 1.54) is 96.3 Å². The summed E-state index contributed by atoms with van der Waals surface area (Å²) in [4.78, 5) is 37.5. The van der Waals surface area contributed by atoms with Crippen LogP contribution in [0, 0.1) is 0 Å². The minimum Gasteiger partial charge on any atom is -0.456 e. The fourth-order valence-electron chi connectivity index (χ4n) is 7.38. The molecule has 3 unspecified atom stereocenters. The number of quaternary nitrogens is 1. The maximum atomic E-state index is 13.5. The third-order valence-electron chi connectivity index (χ3n) is 11.7. The number of esters is 1. The standard InChI is InChI=1S/C59H103N2O7P/c1-7-10-13-16-19-22-25-28-29-30-31-34-36-39-42-45-48-51-58(62)60-56(55-67-69(64,65)66-54-53-61(4,5)6)57(50-47-44-41-38-35-32-26-23-20-17-14-11-8-2)68-59(63)52-49-46-43-40-37-33-27-24-21-18-15-12-9-3/h10,13,16,19,22,25,28-31,33-34,36-37,47,50,56-57H,7-9,11-12,14-15,17-18,20-21,23-24,26-27,32,35,38-46,48-49,51-55H2,1-6H3,(H-,60,62,64,65)/p+1/b13-10-,19-16+,25-22+,29-28-,31-30+,36-34+,37-33-,50-47-. The Hall–Kier alpha value is -3.07. The summed E-state index contributed by atoms with van der Waals surface area (Å²) >= 11 is 0. The molecular formula is C59H104N2O7P+.